The highest BCUT2D eigenvalue weighted by Gasteiger charge is 2.27. The molecule has 1 aliphatic carbocycles. The van der Waals surface area contributed by atoms with E-state index in [0.717, 1.165) is 31.2 Å². The fourth-order valence-corrected chi connectivity index (χ4v) is 4.91. The Kier molecular flexibility index (Phi) is 7.33. The van der Waals surface area contributed by atoms with E-state index in [0.29, 0.717) is 39.3 Å². The van der Waals surface area contributed by atoms with Crippen LogP contribution in [-0.2, 0) is 0 Å². The minimum atomic E-state index is -1.02. The molecule has 1 aliphatic rings. The minimum Gasteiger partial charge on any atom is -0.493 e. The molecule has 0 amide bonds. The molecular weight excluding hydrogens is 452 g/mol. The monoisotopic (exact) mass is 478 g/mol. The SMILES string of the molecule is COc1ccc(-c2csc(C(C#N)C(=O)c3ccc(OC4CCCC4)c(OC)c3)n2)cc1OC. The lowest BCUT2D eigenvalue weighted by Crippen LogP contribution is -2.13. The summed E-state index contributed by atoms with van der Waals surface area (Å²) >= 11 is 1.28. The van der Waals surface area contributed by atoms with Crippen LogP contribution in [0.5, 0.6) is 23.0 Å². The zero-order valence-corrected chi connectivity index (χ0v) is 20.2. The summed E-state index contributed by atoms with van der Waals surface area (Å²) < 4.78 is 22.2. The molecule has 8 heteroatoms. The molecule has 1 heterocycles. The van der Waals surface area contributed by atoms with Crippen LogP contribution in [0.2, 0.25) is 0 Å². The number of Topliss-reactive ketones (excluding diaryl/α,β-unsaturated/α-hetero) is 1. The Morgan fingerprint density at radius 3 is 2.35 bits per heavy atom. The number of aromatic nitrogens is 1. The maximum Gasteiger partial charge on any atom is 0.187 e. The molecule has 0 aliphatic heterocycles. The quantitative estimate of drug-likeness (QED) is 0.367. The Morgan fingerprint density at radius 2 is 1.68 bits per heavy atom. The van der Waals surface area contributed by atoms with Gasteiger partial charge in [-0.25, -0.2) is 4.98 Å². The number of carbonyl (C=O) groups is 1. The maximum absolute atomic E-state index is 13.2. The number of hydrogen-bond donors (Lipinski definition) is 0. The minimum absolute atomic E-state index is 0.174. The van der Waals surface area contributed by atoms with E-state index in [-0.39, 0.29) is 11.9 Å². The van der Waals surface area contributed by atoms with Crippen molar-refractivity contribution in [2.24, 2.45) is 0 Å². The van der Waals surface area contributed by atoms with Crippen LogP contribution in [0.1, 0.15) is 47.0 Å². The highest BCUT2D eigenvalue weighted by atomic mass is 32.1. The average Bonchev–Trinajstić information content (AvgIpc) is 3.57. The van der Waals surface area contributed by atoms with E-state index in [2.05, 4.69) is 11.1 Å². The normalized spacial score (nSPS) is 14.3. The molecule has 0 saturated heterocycles. The first-order chi connectivity index (χ1) is 16.6. The molecule has 7 nitrogen and oxygen atoms in total. The van der Waals surface area contributed by atoms with Gasteiger partial charge in [0.05, 0.1) is 39.2 Å². The Labute approximate surface area is 202 Å². The zero-order chi connectivity index (χ0) is 24.1. The van der Waals surface area contributed by atoms with Gasteiger partial charge in [-0.1, -0.05) is 0 Å². The number of methoxy groups -OCH3 is 3. The van der Waals surface area contributed by atoms with Gasteiger partial charge in [-0.15, -0.1) is 11.3 Å². The van der Waals surface area contributed by atoms with Crippen molar-refractivity contribution in [3.63, 3.8) is 0 Å². The van der Waals surface area contributed by atoms with Crippen LogP contribution in [0, 0.1) is 11.3 Å². The highest BCUT2D eigenvalue weighted by Crippen LogP contribution is 2.36. The van der Waals surface area contributed by atoms with E-state index >= 15 is 0 Å². The van der Waals surface area contributed by atoms with Crippen molar-refractivity contribution in [3.8, 4) is 40.3 Å². The van der Waals surface area contributed by atoms with Crippen LogP contribution in [0.15, 0.2) is 41.8 Å². The lowest BCUT2D eigenvalue weighted by molar-refractivity contribution is 0.0978. The first-order valence-corrected chi connectivity index (χ1v) is 11.9. The van der Waals surface area contributed by atoms with Crippen molar-refractivity contribution in [3.05, 3.63) is 52.3 Å². The average molecular weight is 479 g/mol. The highest BCUT2D eigenvalue weighted by molar-refractivity contribution is 7.10. The van der Waals surface area contributed by atoms with Crippen molar-refractivity contribution >= 4 is 17.1 Å². The van der Waals surface area contributed by atoms with Crippen molar-refractivity contribution in [1.29, 1.82) is 5.26 Å². The predicted octanol–water partition coefficient (Wildman–Crippen LogP) is 5.65. The molecule has 1 aromatic heterocycles. The summed E-state index contributed by atoms with van der Waals surface area (Å²) in [5.41, 5.74) is 1.84. The molecule has 1 atom stereocenters. The standard InChI is InChI=1S/C26H26N2O5S/c1-30-21-10-8-16(12-23(21)31-2)20-15-34-26(28-20)19(14-27)25(29)17-9-11-22(24(13-17)32-3)33-18-6-4-5-7-18/h8-13,15,18-19H,4-7H2,1-3H3. The topological polar surface area (TPSA) is 90.7 Å². The van der Waals surface area contributed by atoms with Gasteiger partial charge >= 0.3 is 0 Å². The van der Waals surface area contributed by atoms with Gasteiger partial charge in [-0.3, -0.25) is 4.79 Å². The van der Waals surface area contributed by atoms with E-state index in [9.17, 15) is 10.1 Å². The molecule has 0 radical (unpaired) electrons. The fraction of sp³-hybridized carbons (Fsp3) is 0.346. The molecule has 3 aromatic rings. The van der Waals surface area contributed by atoms with E-state index in [1.54, 1.807) is 45.6 Å². The smallest absolute Gasteiger partial charge is 0.187 e. The van der Waals surface area contributed by atoms with Gasteiger partial charge < -0.3 is 18.9 Å². The number of ether oxygens (including phenoxy) is 4. The van der Waals surface area contributed by atoms with Crippen LogP contribution >= 0.6 is 11.3 Å². The number of ketones is 1. The molecule has 34 heavy (non-hydrogen) atoms. The van der Waals surface area contributed by atoms with Gasteiger partial charge in [0.25, 0.3) is 0 Å². The summed E-state index contributed by atoms with van der Waals surface area (Å²) in [4.78, 5) is 17.8. The van der Waals surface area contributed by atoms with E-state index in [1.165, 1.54) is 11.3 Å². The molecule has 4 rings (SSSR count). The third-order valence-corrected chi connectivity index (χ3v) is 6.79. The molecule has 1 fully saturated rings. The molecule has 1 unspecified atom stereocenters. The third-order valence-electron chi connectivity index (χ3n) is 5.88. The van der Waals surface area contributed by atoms with Crippen LogP contribution in [0.25, 0.3) is 11.3 Å². The molecule has 1 saturated carbocycles. The molecule has 2 aromatic carbocycles. The number of hydrogen-bond acceptors (Lipinski definition) is 8. The Morgan fingerprint density at radius 1 is 1.00 bits per heavy atom. The third kappa shape index (κ3) is 4.85. The number of benzene rings is 2. The zero-order valence-electron chi connectivity index (χ0n) is 19.4. The number of thiazole rings is 1. The van der Waals surface area contributed by atoms with Gasteiger partial charge in [-0.2, -0.15) is 5.26 Å². The molecule has 0 N–H and O–H groups in total. The first-order valence-electron chi connectivity index (χ1n) is 11.0. The summed E-state index contributed by atoms with van der Waals surface area (Å²) in [6.45, 7) is 0. The van der Waals surface area contributed by atoms with Gasteiger partial charge in [-0.05, 0) is 62.1 Å². The molecule has 0 spiro atoms. The maximum atomic E-state index is 13.2. The van der Waals surface area contributed by atoms with Gasteiger partial charge in [0, 0.05) is 16.5 Å². The van der Waals surface area contributed by atoms with Crippen LogP contribution in [-0.4, -0.2) is 38.2 Å². The number of nitrogens with zero attached hydrogens (tertiary/aromatic N) is 2. The lowest BCUT2D eigenvalue weighted by atomic mass is 9.99. The van der Waals surface area contributed by atoms with Crippen molar-refractivity contribution in [2.45, 2.75) is 37.7 Å². The van der Waals surface area contributed by atoms with E-state index in [4.69, 9.17) is 18.9 Å². The molecule has 176 valence electrons. The number of nitriles is 1. The predicted molar refractivity (Wildman–Crippen MR) is 129 cm³/mol. The number of carbonyl (C=O) groups excluding carboxylic acids is 1. The van der Waals surface area contributed by atoms with Crippen LogP contribution in [0.3, 0.4) is 0 Å². The largest absolute Gasteiger partial charge is 0.493 e. The van der Waals surface area contributed by atoms with Crippen LogP contribution < -0.4 is 18.9 Å². The fourth-order valence-electron chi connectivity index (χ4n) is 4.04. The van der Waals surface area contributed by atoms with Gasteiger partial charge in [0.2, 0.25) is 0 Å². The second-order valence-corrected chi connectivity index (χ2v) is 8.85. The summed E-state index contributed by atoms with van der Waals surface area (Å²) in [5.74, 6) is 0.936. The Bertz CT molecular complexity index is 1210. The first kappa shape index (κ1) is 23.6. The second-order valence-electron chi connectivity index (χ2n) is 7.96. The van der Waals surface area contributed by atoms with E-state index < -0.39 is 5.92 Å². The molecule has 0 bridgehead atoms. The Hall–Kier alpha value is -3.57. The van der Waals surface area contributed by atoms with Crippen molar-refractivity contribution in [2.75, 3.05) is 21.3 Å². The number of rotatable bonds is 9. The van der Waals surface area contributed by atoms with Crippen LogP contribution in [0.4, 0.5) is 0 Å². The summed E-state index contributed by atoms with van der Waals surface area (Å²) in [6, 6.07) is 12.6. The van der Waals surface area contributed by atoms with Crippen molar-refractivity contribution < 1.29 is 23.7 Å². The summed E-state index contributed by atoms with van der Waals surface area (Å²) in [5, 5.41) is 12.1. The summed E-state index contributed by atoms with van der Waals surface area (Å²) in [7, 11) is 4.68. The summed E-state index contributed by atoms with van der Waals surface area (Å²) in [6.07, 6.45) is 4.53. The Balaban J connectivity index is 1.56. The lowest BCUT2D eigenvalue weighted by Gasteiger charge is -2.16. The van der Waals surface area contributed by atoms with E-state index in [1.807, 2.05) is 17.5 Å². The van der Waals surface area contributed by atoms with Gasteiger partial charge in [0.15, 0.2) is 34.7 Å². The second kappa shape index (κ2) is 10.6. The van der Waals surface area contributed by atoms with Crippen molar-refractivity contribution in [1.82, 2.24) is 4.98 Å². The molecular formula is C26H26N2O5S. The van der Waals surface area contributed by atoms with Gasteiger partial charge in [0.1, 0.15) is 5.01 Å².